The minimum atomic E-state index is -4.60. The topological polar surface area (TPSA) is 78.5 Å². The van der Waals surface area contributed by atoms with Crippen molar-refractivity contribution in [1.82, 2.24) is 14.9 Å². The van der Waals surface area contributed by atoms with E-state index in [1.807, 2.05) is 0 Å². The molecule has 0 spiro atoms. The van der Waals surface area contributed by atoms with Crippen LogP contribution in [0.4, 0.5) is 18.0 Å². The van der Waals surface area contributed by atoms with Crippen LogP contribution in [0.25, 0.3) is 0 Å². The Kier molecular flexibility index (Phi) is 5.67. The van der Waals surface area contributed by atoms with Crippen molar-refractivity contribution in [2.45, 2.75) is 74.0 Å². The minimum Gasteiger partial charge on any atom is -0.335 e. The lowest BCUT2D eigenvalue weighted by Gasteiger charge is -2.56. The van der Waals surface area contributed by atoms with E-state index in [9.17, 15) is 26.4 Å². The van der Waals surface area contributed by atoms with Crippen molar-refractivity contribution in [2.24, 2.45) is 17.8 Å². The summed E-state index contributed by atoms with van der Waals surface area (Å²) in [4.78, 5) is 12.4. The van der Waals surface area contributed by atoms with Gasteiger partial charge in [0.1, 0.15) is 0 Å². The van der Waals surface area contributed by atoms with E-state index >= 15 is 0 Å². The molecule has 0 radical (unpaired) electrons. The van der Waals surface area contributed by atoms with E-state index in [0.717, 1.165) is 49.1 Å². The van der Waals surface area contributed by atoms with Crippen LogP contribution in [0.3, 0.4) is 0 Å². The lowest BCUT2D eigenvalue weighted by molar-refractivity contribution is -0.137. The number of carbonyl (C=O) groups excluding carboxylic acids is 1. The fourth-order valence-corrected chi connectivity index (χ4v) is 8.46. The maximum absolute atomic E-state index is 13.0. The lowest BCUT2D eigenvalue weighted by Crippen LogP contribution is -2.62. The van der Waals surface area contributed by atoms with Gasteiger partial charge in [-0.15, -0.1) is 0 Å². The average Bonchev–Trinajstić information content (AvgIpc) is 2.72. The van der Waals surface area contributed by atoms with Gasteiger partial charge in [0.05, 0.1) is 10.5 Å². The minimum absolute atomic E-state index is 0.0909. The highest BCUT2D eigenvalue weighted by Gasteiger charge is 2.51. The van der Waals surface area contributed by atoms with Gasteiger partial charge in [-0.2, -0.15) is 17.5 Å². The van der Waals surface area contributed by atoms with Crippen LogP contribution in [0.15, 0.2) is 29.2 Å². The number of nitrogens with zero attached hydrogens (tertiary/aromatic N) is 1. The van der Waals surface area contributed by atoms with Gasteiger partial charge in [0.15, 0.2) is 0 Å². The second-order valence-electron chi connectivity index (χ2n) is 10.5. The van der Waals surface area contributed by atoms with Crippen molar-refractivity contribution in [3.05, 3.63) is 29.8 Å². The third-order valence-corrected chi connectivity index (χ3v) is 9.90. The van der Waals surface area contributed by atoms with Crippen molar-refractivity contribution in [3.63, 3.8) is 0 Å². The van der Waals surface area contributed by atoms with Gasteiger partial charge in [-0.25, -0.2) is 13.2 Å². The van der Waals surface area contributed by atoms with Crippen LogP contribution < -0.4 is 10.6 Å². The number of rotatable bonds is 4. The molecule has 2 N–H and O–H groups in total. The second-order valence-corrected chi connectivity index (χ2v) is 12.4. The molecule has 0 atom stereocenters. The van der Waals surface area contributed by atoms with Crippen molar-refractivity contribution in [2.75, 3.05) is 13.1 Å². The summed E-state index contributed by atoms with van der Waals surface area (Å²) < 4.78 is 65.9. The molecular weight excluding hydrogens is 455 g/mol. The number of nitrogens with one attached hydrogen (secondary N) is 2. The van der Waals surface area contributed by atoms with E-state index in [-0.39, 0.29) is 35.6 Å². The van der Waals surface area contributed by atoms with E-state index in [4.69, 9.17) is 0 Å². The fourth-order valence-electron chi connectivity index (χ4n) is 6.95. The Morgan fingerprint density at radius 1 is 1.00 bits per heavy atom. The van der Waals surface area contributed by atoms with E-state index in [1.54, 1.807) is 0 Å². The molecule has 182 valence electrons. The monoisotopic (exact) mass is 485 g/mol. The van der Waals surface area contributed by atoms with Gasteiger partial charge < -0.3 is 10.6 Å². The Morgan fingerprint density at radius 2 is 1.58 bits per heavy atom. The first-order chi connectivity index (χ1) is 15.5. The molecular formula is C23H30F3N3O3S. The molecule has 5 fully saturated rings. The number of alkyl halides is 3. The molecule has 0 aromatic heterocycles. The number of halogens is 3. The van der Waals surface area contributed by atoms with Crippen LogP contribution in [0.5, 0.6) is 0 Å². The van der Waals surface area contributed by atoms with Gasteiger partial charge in [0.25, 0.3) is 0 Å². The smallest absolute Gasteiger partial charge is 0.335 e. The van der Waals surface area contributed by atoms with Gasteiger partial charge in [0, 0.05) is 24.7 Å². The maximum atomic E-state index is 13.0. The molecule has 4 aliphatic carbocycles. The third-order valence-electron chi connectivity index (χ3n) is 8.01. The summed E-state index contributed by atoms with van der Waals surface area (Å²) in [7, 11) is -4.03. The Bertz CT molecular complexity index is 984. The van der Waals surface area contributed by atoms with E-state index in [1.165, 1.54) is 29.6 Å². The number of piperidine rings is 1. The summed E-state index contributed by atoms with van der Waals surface area (Å²) in [5, 5.41) is 6.29. The third kappa shape index (κ3) is 4.60. The highest BCUT2D eigenvalue weighted by atomic mass is 32.2. The molecule has 33 heavy (non-hydrogen) atoms. The predicted molar refractivity (Wildman–Crippen MR) is 116 cm³/mol. The van der Waals surface area contributed by atoms with Crippen LogP contribution in [0.2, 0.25) is 0 Å². The summed E-state index contributed by atoms with van der Waals surface area (Å²) in [6, 6.07) is 3.49. The van der Waals surface area contributed by atoms with Crippen LogP contribution in [-0.2, 0) is 16.2 Å². The zero-order valence-corrected chi connectivity index (χ0v) is 19.2. The lowest BCUT2D eigenvalue weighted by atomic mass is 9.53. The van der Waals surface area contributed by atoms with Gasteiger partial charge >= 0.3 is 12.2 Å². The summed E-state index contributed by atoms with van der Waals surface area (Å²) in [6.45, 7) is 0.307. The number of benzene rings is 1. The Hall–Kier alpha value is -1.81. The van der Waals surface area contributed by atoms with Crippen molar-refractivity contribution in [3.8, 4) is 0 Å². The van der Waals surface area contributed by atoms with Crippen molar-refractivity contribution in [1.29, 1.82) is 0 Å². The predicted octanol–water partition coefficient (Wildman–Crippen LogP) is 4.13. The Labute approximate surface area is 192 Å². The highest BCUT2D eigenvalue weighted by Crippen LogP contribution is 2.55. The molecule has 1 aliphatic heterocycles. The van der Waals surface area contributed by atoms with Gasteiger partial charge in [-0.3, -0.25) is 0 Å². The van der Waals surface area contributed by atoms with Crippen LogP contribution >= 0.6 is 0 Å². The molecule has 1 aromatic carbocycles. The summed E-state index contributed by atoms with van der Waals surface area (Å²) in [5.74, 6) is 2.17. The Balaban J connectivity index is 1.16. The molecule has 1 heterocycles. The first-order valence-electron chi connectivity index (χ1n) is 11.8. The molecule has 0 unspecified atom stereocenters. The van der Waals surface area contributed by atoms with Crippen molar-refractivity contribution >= 4 is 16.1 Å². The first-order valence-corrected chi connectivity index (χ1v) is 13.2. The molecule has 1 saturated heterocycles. The number of carbonyl (C=O) groups is 1. The van der Waals surface area contributed by atoms with Gasteiger partial charge in [0.2, 0.25) is 10.0 Å². The summed E-state index contributed by atoms with van der Waals surface area (Å²) in [6.07, 6.45) is 3.29. The molecule has 2 amide bonds. The van der Waals surface area contributed by atoms with Crippen LogP contribution in [-0.4, -0.2) is 43.4 Å². The molecule has 10 heteroatoms. The molecule has 4 saturated carbocycles. The van der Waals surface area contributed by atoms with Gasteiger partial charge in [-0.05, 0) is 87.3 Å². The molecule has 4 bridgehead atoms. The number of sulfonamides is 1. The first kappa shape index (κ1) is 23.0. The normalized spacial score (nSPS) is 32.6. The largest absolute Gasteiger partial charge is 0.416 e. The zero-order chi connectivity index (χ0) is 23.4. The number of hydrogen-bond acceptors (Lipinski definition) is 3. The van der Waals surface area contributed by atoms with Crippen LogP contribution in [0, 0.1) is 17.8 Å². The number of urea groups is 1. The molecule has 6 rings (SSSR count). The van der Waals surface area contributed by atoms with E-state index < -0.39 is 21.8 Å². The summed E-state index contributed by atoms with van der Waals surface area (Å²) in [5.41, 5.74) is -1.08. The molecule has 5 aliphatic rings. The molecule has 6 nitrogen and oxygen atoms in total. The maximum Gasteiger partial charge on any atom is 0.416 e. The van der Waals surface area contributed by atoms with Crippen LogP contribution in [0.1, 0.15) is 56.9 Å². The Morgan fingerprint density at radius 3 is 2.12 bits per heavy atom. The second kappa shape index (κ2) is 8.15. The zero-order valence-electron chi connectivity index (χ0n) is 18.4. The SMILES string of the molecule is O=C(NC1CCN(S(=O)(=O)c2cccc(C(F)(F)F)c2)CC1)NC12CC3CC(CC(C3)C1)C2. The van der Waals surface area contributed by atoms with Gasteiger partial charge in [-0.1, -0.05) is 6.07 Å². The number of amides is 2. The number of hydrogen-bond donors (Lipinski definition) is 2. The summed E-state index contributed by atoms with van der Waals surface area (Å²) >= 11 is 0. The van der Waals surface area contributed by atoms with E-state index in [0.29, 0.717) is 18.9 Å². The highest BCUT2D eigenvalue weighted by molar-refractivity contribution is 7.89. The van der Waals surface area contributed by atoms with E-state index in [2.05, 4.69) is 10.6 Å². The van der Waals surface area contributed by atoms with Crippen molar-refractivity contribution < 1.29 is 26.4 Å². The average molecular weight is 486 g/mol. The molecule has 1 aromatic rings. The fraction of sp³-hybridized carbons (Fsp3) is 0.696. The standard InChI is InChI=1S/C23H30F3N3O3S/c24-23(25,26)18-2-1-3-20(11-18)33(31,32)29-6-4-19(5-7-29)27-21(30)28-22-12-15-8-16(13-22)10-17(9-15)14-22/h1-3,11,15-17,19H,4-10,12-14H2,(H2,27,28,30). The quantitative estimate of drug-likeness (QED) is 0.673.